The lowest BCUT2D eigenvalue weighted by molar-refractivity contribution is -0.148. The Morgan fingerprint density at radius 2 is 1.87 bits per heavy atom. The standard InChI is InChI=1S/C23H26F3NO4/c1-13-18(21(29)31-10-9-30-4)19(14-7-5-6-8-15(14)23(24,25)26)20-16(27-13)11-22(2,3)12-17(20)28/h5-8,18-19H,9-12H2,1-4H3/t18?,19-/m1/s1. The van der Waals surface area contributed by atoms with Gasteiger partial charge in [-0.05, 0) is 30.4 Å². The Hall–Kier alpha value is -2.48. The van der Waals surface area contributed by atoms with Gasteiger partial charge in [0, 0.05) is 36.4 Å². The second-order valence-electron chi connectivity index (χ2n) is 8.76. The van der Waals surface area contributed by atoms with Gasteiger partial charge >= 0.3 is 12.1 Å². The lowest BCUT2D eigenvalue weighted by Gasteiger charge is -2.39. The summed E-state index contributed by atoms with van der Waals surface area (Å²) in [4.78, 5) is 30.6. The monoisotopic (exact) mass is 437 g/mol. The molecule has 0 amide bonds. The predicted molar refractivity (Wildman–Crippen MR) is 109 cm³/mol. The number of aliphatic imine (C=N–C) groups is 1. The number of ether oxygens (including phenoxy) is 2. The van der Waals surface area contributed by atoms with Gasteiger partial charge in [-0.1, -0.05) is 32.0 Å². The van der Waals surface area contributed by atoms with Crippen LogP contribution in [0.4, 0.5) is 13.2 Å². The minimum absolute atomic E-state index is 0.0420. The van der Waals surface area contributed by atoms with E-state index < -0.39 is 29.5 Å². The molecule has 0 radical (unpaired) electrons. The zero-order chi connectivity index (χ0) is 23.0. The van der Waals surface area contributed by atoms with Crippen LogP contribution in [0.25, 0.3) is 0 Å². The quantitative estimate of drug-likeness (QED) is 0.494. The van der Waals surface area contributed by atoms with E-state index in [9.17, 15) is 22.8 Å². The molecule has 3 rings (SSSR count). The van der Waals surface area contributed by atoms with Crippen LogP contribution in [0.1, 0.15) is 50.7 Å². The molecule has 1 aliphatic heterocycles. The second kappa shape index (κ2) is 8.57. The third-order valence-corrected chi connectivity index (χ3v) is 5.69. The molecule has 5 nitrogen and oxygen atoms in total. The van der Waals surface area contributed by atoms with Crippen molar-refractivity contribution in [2.24, 2.45) is 16.3 Å². The van der Waals surface area contributed by atoms with E-state index in [1.54, 1.807) is 6.92 Å². The smallest absolute Gasteiger partial charge is 0.416 e. The fourth-order valence-electron chi connectivity index (χ4n) is 4.43. The van der Waals surface area contributed by atoms with Crippen molar-refractivity contribution in [2.45, 2.75) is 45.7 Å². The molecule has 0 bridgehead atoms. The normalized spacial score (nSPS) is 23.3. The van der Waals surface area contributed by atoms with Gasteiger partial charge in [-0.25, -0.2) is 0 Å². The number of hydrogen-bond acceptors (Lipinski definition) is 5. The Labute approximate surface area is 179 Å². The molecule has 1 aromatic carbocycles. The molecule has 1 heterocycles. The predicted octanol–water partition coefficient (Wildman–Crippen LogP) is 4.71. The largest absolute Gasteiger partial charge is 0.463 e. The fourth-order valence-corrected chi connectivity index (χ4v) is 4.43. The van der Waals surface area contributed by atoms with Crippen molar-refractivity contribution in [1.29, 1.82) is 0 Å². The molecule has 1 aliphatic carbocycles. The number of alkyl halides is 3. The SMILES string of the molecule is COCCOC(=O)C1C(C)=NC2=C(C(=O)CC(C)(C)C2)[C@@H]1c1ccccc1C(F)(F)F. The fraction of sp³-hybridized carbons (Fsp3) is 0.522. The number of benzene rings is 1. The third-order valence-electron chi connectivity index (χ3n) is 5.69. The third kappa shape index (κ3) is 4.74. The van der Waals surface area contributed by atoms with Gasteiger partial charge in [-0.2, -0.15) is 13.2 Å². The highest BCUT2D eigenvalue weighted by molar-refractivity contribution is 6.09. The van der Waals surface area contributed by atoms with Crippen molar-refractivity contribution in [3.63, 3.8) is 0 Å². The zero-order valence-corrected chi connectivity index (χ0v) is 18.0. The number of methoxy groups -OCH3 is 1. The van der Waals surface area contributed by atoms with E-state index in [0.29, 0.717) is 17.8 Å². The molecule has 1 unspecified atom stereocenters. The molecule has 168 valence electrons. The minimum atomic E-state index is -4.64. The van der Waals surface area contributed by atoms with E-state index in [1.165, 1.54) is 25.3 Å². The number of carbonyl (C=O) groups is 2. The van der Waals surface area contributed by atoms with Gasteiger partial charge in [0.15, 0.2) is 5.78 Å². The first-order valence-corrected chi connectivity index (χ1v) is 10.1. The van der Waals surface area contributed by atoms with Crippen molar-refractivity contribution >= 4 is 17.5 Å². The van der Waals surface area contributed by atoms with Crippen molar-refractivity contribution in [2.75, 3.05) is 20.3 Å². The number of allylic oxidation sites excluding steroid dienone is 2. The molecule has 0 N–H and O–H groups in total. The lowest BCUT2D eigenvalue weighted by Crippen LogP contribution is -2.40. The van der Waals surface area contributed by atoms with Crippen molar-refractivity contribution in [3.8, 4) is 0 Å². The second-order valence-corrected chi connectivity index (χ2v) is 8.76. The van der Waals surface area contributed by atoms with Gasteiger partial charge in [0.25, 0.3) is 0 Å². The average Bonchev–Trinajstić information content (AvgIpc) is 2.65. The van der Waals surface area contributed by atoms with Crippen LogP contribution in [0.15, 0.2) is 40.5 Å². The summed E-state index contributed by atoms with van der Waals surface area (Å²) < 4.78 is 51.7. The van der Waals surface area contributed by atoms with Gasteiger partial charge in [0.2, 0.25) is 0 Å². The van der Waals surface area contributed by atoms with Gasteiger partial charge in [0.1, 0.15) is 12.5 Å². The van der Waals surface area contributed by atoms with E-state index in [-0.39, 0.29) is 42.0 Å². The van der Waals surface area contributed by atoms with Gasteiger partial charge in [-0.15, -0.1) is 0 Å². The molecule has 0 aromatic heterocycles. The van der Waals surface area contributed by atoms with E-state index in [2.05, 4.69) is 4.99 Å². The summed E-state index contributed by atoms with van der Waals surface area (Å²) in [5.74, 6) is -3.23. The van der Waals surface area contributed by atoms with Gasteiger partial charge < -0.3 is 9.47 Å². The molecule has 0 fully saturated rings. The molecule has 31 heavy (non-hydrogen) atoms. The van der Waals surface area contributed by atoms with Gasteiger partial charge in [-0.3, -0.25) is 14.6 Å². The molecule has 2 atom stereocenters. The Balaban J connectivity index is 2.18. The Morgan fingerprint density at radius 1 is 1.19 bits per heavy atom. The highest BCUT2D eigenvalue weighted by Gasteiger charge is 2.48. The molecule has 0 spiro atoms. The number of carbonyl (C=O) groups excluding carboxylic acids is 2. The Kier molecular flexibility index (Phi) is 6.41. The average molecular weight is 437 g/mol. The van der Waals surface area contributed by atoms with Crippen LogP contribution < -0.4 is 0 Å². The number of rotatable bonds is 5. The molecule has 0 saturated heterocycles. The van der Waals surface area contributed by atoms with Crippen molar-refractivity contribution in [1.82, 2.24) is 0 Å². The van der Waals surface area contributed by atoms with Crippen LogP contribution in [0.3, 0.4) is 0 Å². The molecular weight excluding hydrogens is 411 g/mol. The van der Waals surface area contributed by atoms with E-state index in [1.807, 2.05) is 13.8 Å². The van der Waals surface area contributed by atoms with E-state index in [4.69, 9.17) is 9.47 Å². The highest BCUT2D eigenvalue weighted by Crippen LogP contribution is 2.50. The number of Topliss-reactive ketones (excluding diaryl/α,β-unsaturated/α-hetero) is 1. The maximum absolute atomic E-state index is 13.9. The van der Waals surface area contributed by atoms with Crippen LogP contribution in [0, 0.1) is 11.3 Å². The maximum Gasteiger partial charge on any atom is 0.416 e. The summed E-state index contributed by atoms with van der Waals surface area (Å²) in [5, 5.41) is 0. The van der Waals surface area contributed by atoms with Crippen LogP contribution in [0.5, 0.6) is 0 Å². The number of halogens is 3. The maximum atomic E-state index is 13.9. The van der Waals surface area contributed by atoms with Crippen LogP contribution in [-0.2, 0) is 25.2 Å². The number of hydrogen-bond donors (Lipinski definition) is 0. The first-order chi connectivity index (χ1) is 14.5. The highest BCUT2D eigenvalue weighted by atomic mass is 19.4. The molecule has 8 heteroatoms. The summed E-state index contributed by atoms with van der Waals surface area (Å²) in [6.45, 7) is 5.55. The summed E-state index contributed by atoms with van der Waals surface area (Å²) in [7, 11) is 1.45. The summed E-state index contributed by atoms with van der Waals surface area (Å²) in [5.41, 5.74) is -0.349. The van der Waals surface area contributed by atoms with Crippen LogP contribution in [-0.4, -0.2) is 37.8 Å². The van der Waals surface area contributed by atoms with Crippen LogP contribution in [0.2, 0.25) is 0 Å². The first kappa shape index (κ1) is 23.2. The molecule has 1 aromatic rings. The summed E-state index contributed by atoms with van der Waals surface area (Å²) in [6, 6.07) is 5.08. The van der Waals surface area contributed by atoms with E-state index in [0.717, 1.165) is 6.07 Å². The van der Waals surface area contributed by atoms with Crippen molar-refractivity contribution in [3.05, 3.63) is 46.7 Å². The molecular formula is C23H26F3NO4. The van der Waals surface area contributed by atoms with Crippen LogP contribution >= 0.6 is 0 Å². The Bertz CT molecular complexity index is 946. The molecule has 2 aliphatic rings. The lowest BCUT2D eigenvalue weighted by atomic mass is 9.66. The van der Waals surface area contributed by atoms with Crippen molar-refractivity contribution < 1.29 is 32.2 Å². The summed E-state index contributed by atoms with van der Waals surface area (Å²) in [6.07, 6.45) is -4.01. The topological polar surface area (TPSA) is 65.0 Å². The number of ketones is 1. The summed E-state index contributed by atoms with van der Waals surface area (Å²) >= 11 is 0. The number of nitrogens with zero attached hydrogens (tertiary/aromatic N) is 1. The van der Waals surface area contributed by atoms with E-state index >= 15 is 0 Å². The van der Waals surface area contributed by atoms with Gasteiger partial charge in [0.05, 0.1) is 12.2 Å². The zero-order valence-electron chi connectivity index (χ0n) is 18.0. The first-order valence-electron chi connectivity index (χ1n) is 10.1. The Morgan fingerprint density at radius 3 is 2.52 bits per heavy atom. The molecule has 0 saturated carbocycles. The minimum Gasteiger partial charge on any atom is -0.463 e. The number of esters is 1.